The number of benzene rings is 2. The van der Waals surface area contributed by atoms with Gasteiger partial charge in [0.05, 0.1) is 12.8 Å². The van der Waals surface area contributed by atoms with E-state index in [9.17, 15) is 4.79 Å². The topological polar surface area (TPSA) is 53.6 Å². The number of ether oxygens (including phenoxy) is 1. The van der Waals surface area contributed by atoms with Crippen LogP contribution >= 0.6 is 0 Å². The number of amides is 2. The number of anilines is 1. The Labute approximate surface area is 160 Å². The second-order valence-corrected chi connectivity index (χ2v) is 7.66. The SMILES string of the molecule is COc1ccc(-c2ccccc2)cc1NC(=O)N1CCC[C@@]2(CCNC2)C1. The molecule has 2 aromatic rings. The fraction of sp³-hybridized carbons (Fsp3) is 0.409. The van der Waals surface area contributed by atoms with Gasteiger partial charge in [0, 0.05) is 25.0 Å². The Kier molecular flexibility index (Phi) is 5.03. The Hall–Kier alpha value is -2.53. The number of nitrogens with one attached hydrogen (secondary N) is 2. The zero-order valence-corrected chi connectivity index (χ0v) is 15.8. The van der Waals surface area contributed by atoms with Crippen molar-refractivity contribution >= 4 is 11.7 Å². The molecular weight excluding hydrogens is 338 g/mol. The zero-order valence-electron chi connectivity index (χ0n) is 15.8. The largest absolute Gasteiger partial charge is 0.495 e. The van der Waals surface area contributed by atoms with Crippen LogP contribution in [0.5, 0.6) is 5.75 Å². The van der Waals surface area contributed by atoms with Crippen LogP contribution in [0.2, 0.25) is 0 Å². The minimum absolute atomic E-state index is 0.0375. The van der Waals surface area contributed by atoms with Crippen LogP contribution in [-0.2, 0) is 0 Å². The van der Waals surface area contributed by atoms with Gasteiger partial charge in [-0.15, -0.1) is 0 Å². The molecule has 5 nitrogen and oxygen atoms in total. The van der Waals surface area contributed by atoms with Gasteiger partial charge in [-0.25, -0.2) is 4.79 Å². The molecule has 1 atom stereocenters. The van der Waals surface area contributed by atoms with Crippen LogP contribution in [-0.4, -0.2) is 44.2 Å². The molecule has 2 aliphatic heterocycles. The predicted octanol–water partition coefficient (Wildman–Crippen LogP) is 3.97. The summed E-state index contributed by atoms with van der Waals surface area (Å²) in [7, 11) is 1.63. The Balaban J connectivity index is 1.53. The minimum atomic E-state index is -0.0375. The number of likely N-dealkylation sites (tertiary alicyclic amines) is 1. The summed E-state index contributed by atoms with van der Waals surface area (Å²) in [4.78, 5) is 14.9. The Morgan fingerprint density at radius 3 is 2.74 bits per heavy atom. The van der Waals surface area contributed by atoms with E-state index in [0.29, 0.717) is 11.4 Å². The van der Waals surface area contributed by atoms with Crippen molar-refractivity contribution in [3.63, 3.8) is 0 Å². The normalized spacial score (nSPS) is 22.0. The average Bonchev–Trinajstić information content (AvgIpc) is 3.16. The first kappa shape index (κ1) is 17.9. The van der Waals surface area contributed by atoms with Crippen LogP contribution in [0.15, 0.2) is 48.5 Å². The molecule has 2 aliphatic rings. The van der Waals surface area contributed by atoms with E-state index in [2.05, 4.69) is 22.8 Å². The van der Waals surface area contributed by atoms with Gasteiger partial charge in [-0.2, -0.15) is 0 Å². The predicted molar refractivity (Wildman–Crippen MR) is 108 cm³/mol. The summed E-state index contributed by atoms with van der Waals surface area (Å²) < 4.78 is 5.47. The number of nitrogens with zero attached hydrogens (tertiary/aromatic N) is 1. The van der Waals surface area contributed by atoms with Gasteiger partial charge in [0.2, 0.25) is 0 Å². The summed E-state index contributed by atoms with van der Waals surface area (Å²) in [5, 5.41) is 6.55. The summed E-state index contributed by atoms with van der Waals surface area (Å²) in [5.41, 5.74) is 3.14. The second kappa shape index (κ2) is 7.61. The van der Waals surface area contributed by atoms with Gasteiger partial charge >= 0.3 is 6.03 Å². The number of carbonyl (C=O) groups excluding carboxylic acids is 1. The molecule has 27 heavy (non-hydrogen) atoms. The molecule has 0 radical (unpaired) electrons. The van der Waals surface area contributed by atoms with Gasteiger partial charge in [-0.1, -0.05) is 36.4 Å². The molecule has 5 heteroatoms. The number of carbonyl (C=O) groups is 1. The highest BCUT2D eigenvalue weighted by atomic mass is 16.5. The van der Waals surface area contributed by atoms with Crippen molar-refractivity contribution in [2.45, 2.75) is 19.3 Å². The van der Waals surface area contributed by atoms with Gasteiger partial charge < -0.3 is 20.3 Å². The Bertz CT molecular complexity index is 800. The van der Waals surface area contributed by atoms with Crippen molar-refractivity contribution in [3.8, 4) is 16.9 Å². The van der Waals surface area contributed by atoms with E-state index in [1.54, 1.807) is 7.11 Å². The minimum Gasteiger partial charge on any atom is -0.495 e. The van der Waals surface area contributed by atoms with E-state index in [1.807, 2.05) is 41.3 Å². The molecule has 2 heterocycles. The van der Waals surface area contributed by atoms with Crippen LogP contribution in [0, 0.1) is 5.41 Å². The van der Waals surface area contributed by atoms with E-state index in [-0.39, 0.29) is 11.4 Å². The molecule has 2 saturated heterocycles. The van der Waals surface area contributed by atoms with E-state index in [0.717, 1.165) is 50.1 Å². The fourth-order valence-corrected chi connectivity index (χ4v) is 4.34. The van der Waals surface area contributed by atoms with Crippen molar-refractivity contribution in [2.75, 3.05) is 38.6 Å². The van der Waals surface area contributed by atoms with E-state index >= 15 is 0 Å². The monoisotopic (exact) mass is 365 g/mol. The van der Waals surface area contributed by atoms with Crippen molar-refractivity contribution in [2.24, 2.45) is 5.41 Å². The van der Waals surface area contributed by atoms with E-state index in [1.165, 1.54) is 6.42 Å². The number of rotatable bonds is 3. The molecule has 142 valence electrons. The fourth-order valence-electron chi connectivity index (χ4n) is 4.34. The van der Waals surface area contributed by atoms with Crippen molar-refractivity contribution < 1.29 is 9.53 Å². The number of hydrogen-bond donors (Lipinski definition) is 2. The summed E-state index contributed by atoms with van der Waals surface area (Å²) in [6.45, 7) is 3.72. The summed E-state index contributed by atoms with van der Waals surface area (Å²) in [5.74, 6) is 0.678. The van der Waals surface area contributed by atoms with Crippen molar-refractivity contribution in [1.82, 2.24) is 10.2 Å². The van der Waals surface area contributed by atoms with Crippen LogP contribution in [0.3, 0.4) is 0 Å². The third-order valence-corrected chi connectivity index (χ3v) is 5.83. The molecule has 2 aromatic carbocycles. The second-order valence-electron chi connectivity index (χ2n) is 7.66. The third-order valence-electron chi connectivity index (χ3n) is 5.83. The maximum Gasteiger partial charge on any atom is 0.321 e. The lowest BCUT2D eigenvalue weighted by Crippen LogP contribution is -2.48. The standard InChI is InChI=1S/C22H27N3O2/c1-27-20-9-8-18(17-6-3-2-4-7-17)14-19(20)24-21(26)25-13-5-10-22(16-25)11-12-23-15-22/h2-4,6-9,14,23H,5,10-13,15-16H2,1H3,(H,24,26)/t22-/m0/s1. The molecule has 1 spiro atoms. The highest BCUT2D eigenvalue weighted by molar-refractivity contribution is 5.92. The zero-order chi connectivity index (χ0) is 18.7. The van der Waals surface area contributed by atoms with Gasteiger partial charge in [0.1, 0.15) is 5.75 Å². The highest BCUT2D eigenvalue weighted by Crippen LogP contribution is 2.36. The lowest BCUT2D eigenvalue weighted by Gasteiger charge is -2.40. The van der Waals surface area contributed by atoms with Crippen molar-refractivity contribution in [1.29, 1.82) is 0 Å². The number of urea groups is 1. The summed E-state index contributed by atoms with van der Waals surface area (Å²) in [6.07, 6.45) is 3.43. The Morgan fingerprint density at radius 1 is 1.15 bits per heavy atom. The lowest BCUT2D eigenvalue weighted by atomic mass is 9.79. The number of methoxy groups -OCH3 is 1. The first-order valence-corrected chi connectivity index (χ1v) is 9.69. The smallest absolute Gasteiger partial charge is 0.321 e. The molecule has 0 aliphatic carbocycles. The average molecular weight is 365 g/mol. The Morgan fingerprint density at radius 2 is 2.00 bits per heavy atom. The van der Waals surface area contributed by atoms with Crippen LogP contribution < -0.4 is 15.4 Å². The molecular formula is C22H27N3O2. The van der Waals surface area contributed by atoms with Gasteiger partial charge in [0.15, 0.2) is 0 Å². The molecule has 0 saturated carbocycles. The van der Waals surface area contributed by atoms with Crippen molar-refractivity contribution in [3.05, 3.63) is 48.5 Å². The van der Waals surface area contributed by atoms with Crippen LogP contribution in [0.4, 0.5) is 10.5 Å². The first-order chi connectivity index (χ1) is 13.2. The van der Waals surface area contributed by atoms with Gasteiger partial charge in [-0.05, 0) is 49.1 Å². The quantitative estimate of drug-likeness (QED) is 0.865. The van der Waals surface area contributed by atoms with E-state index < -0.39 is 0 Å². The molecule has 2 N–H and O–H groups in total. The molecule has 2 amide bonds. The lowest BCUT2D eigenvalue weighted by molar-refractivity contribution is 0.125. The maximum absolute atomic E-state index is 13.0. The van der Waals surface area contributed by atoms with Gasteiger partial charge in [-0.3, -0.25) is 0 Å². The maximum atomic E-state index is 13.0. The molecule has 2 fully saturated rings. The molecule has 0 unspecified atom stereocenters. The number of hydrogen-bond acceptors (Lipinski definition) is 3. The first-order valence-electron chi connectivity index (χ1n) is 9.69. The van der Waals surface area contributed by atoms with Crippen LogP contribution in [0.1, 0.15) is 19.3 Å². The van der Waals surface area contributed by atoms with E-state index in [4.69, 9.17) is 4.74 Å². The van der Waals surface area contributed by atoms with Crippen LogP contribution in [0.25, 0.3) is 11.1 Å². The molecule has 0 bridgehead atoms. The number of piperidine rings is 1. The molecule has 0 aromatic heterocycles. The summed E-state index contributed by atoms with van der Waals surface area (Å²) >= 11 is 0. The molecule has 4 rings (SSSR count). The summed E-state index contributed by atoms with van der Waals surface area (Å²) in [6, 6.07) is 16.0. The van der Waals surface area contributed by atoms with Gasteiger partial charge in [0.25, 0.3) is 0 Å². The third kappa shape index (κ3) is 3.78. The highest BCUT2D eigenvalue weighted by Gasteiger charge is 2.39.